The van der Waals surface area contributed by atoms with Gasteiger partial charge < -0.3 is 39.9 Å². The largest absolute Gasteiger partial charge is 0.493 e. The molecule has 0 heterocycles. The number of alkyl halides is 6. The molecule has 6 rings (SSSR count). The minimum absolute atomic E-state index is 0.141. The molecule has 0 amide bonds. The van der Waals surface area contributed by atoms with Crippen molar-refractivity contribution in [1.82, 2.24) is 0 Å². The fourth-order valence-corrected chi connectivity index (χ4v) is 6.89. The molecular formula is C55H48F6N2O10. The van der Waals surface area contributed by atoms with E-state index in [-0.39, 0.29) is 60.2 Å². The Bertz CT molecular complexity index is 2640. The lowest BCUT2D eigenvalue weighted by molar-refractivity contribution is -0.148. The molecule has 0 fully saturated rings. The van der Waals surface area contributed by atoms with Gasteiger partial charge >= 0.3 is 36.2 Å². The summed E-state index contributed by atoms with van der Waals surface area (Å²) in [6, 6.07) is 37.6. The van der Waals surface area contributed by atoms with Gasteiger partial charge in [0.1, 0.15) is 36.2 Å². The van der Waals surface area contributed by atoms with Crippen molar-refractivity contribution >= 4 is 47.4 Å². The van der Waals surface area contributed by atoms with Gasteiger partial charge in [0.15, 0.2) is 0 Å². The molecule has 0 aliphatic rings. The van der Waals surface area contributed by atoms with Crippen molar-refractivity contribution in [2.24, 2.45) is 5.41 Å². The number of benzene rings is 6. The topological polar surface area (TPSA) is 176 Å². The molecule has 0 bridgehead atoms. The molecule has 0 aliphatic heterocycles. The average molecular weight is 1010 g/mol. The van der Waals surface area contributed by atoms with Crippen molar-refractivity contribution < 1.29 is 73.9 Å². The van der Waals surface area contributed by atoms with Gasteiger partial charge in [0, 0.05) is 28.9 Å². The van der Waals surface area contributed by atoms with Crippen LogP contribution in [0.15, 0.2) is 158 Å². The lowest BCUT2D eigenvalue weighted by Gasteiger charge is -2.33. The van der Waals surface area contributed by atoms with Gasteiger partial charge in [-0.2, -0.15) is 26.3 Å². The van der Waals surface area contributed by atoms with Crippen LogP contribution in [-0.4, -0.2) is 62.7 Å². The molecule has 380 valence electrons. The molecule has 0 radical (unpaired) electrons. The fourth-order valence-electron chi connectivity index (χ4n) is 6.89. The van der Waals surface area contributed by atoms with Gasteiger partial charge in [-0.3, -0.25) is 0 Å². The first-order chi connectivity index (χ1) is 34.8. The van der Waals surface area contributed by atoms with Gasteiger partial charge in [-0.1, -0.05) is 48.5 Å². The van der Waals surface area contributed by atoms with E-state index in [2.05, 4.69) is 0 Å². The number of anilines is 2. The number of carbonyl (C=O) groups excluding carboxylic acids is 4. The monoisotopic (exact) mass is 1010 g/mol. The number of rotatable bonds is 22. The molecule has 6 aromatic rings. The molecule has 0 saturated heterocycles. The molecule has 12 nitrogen and oxygen atoms in total. The van der Waals surface area contributed by atoms with Crippen LogP contribution in [0.25, 0.3) is 12.2 Å². The summed E-state index contributed by atoms with van der Waals surface area (Å²) in [5.74, 6) is -2.12. The number of nitrogen functional groups attached to an aromatic ring is 2. The van der Waals surface area contributed by atoms with Gasteiger partial charge in [-0.05, 0) is 144 Å². The highest BCUT2D eigenvalue weighted by molar-refractivity contribution is 5.92. The van der Waals surface area contributed by atoms with Crippen molar-refractivity contribution in [3.63, 3.8) is 0 Å². The second kappa shape index (κ2) is 25.0. The van der Waals surface area contributed by atoms with Crippen molar-refractivity contribution in [3.05, 3.63) is 191 Å². The van der Waals surface area contributed by atoms with E-state index in [9.17, 15) is 45.5 Å². The number of hydrogen-bond donors (Lipinski definition) is 2. The van der Waals surface area contributed by atoms with E-state index in [0.717, 1.165) is 11.1 Å². The standard InChI is InChI=1S/C55H48F6N2O10/c56-54(57,58)29-31-68-45-23-11-41(12-24-45)51(66)72-47-19-5-37(6-20-47)9-27-49(64)70-35-53(33-39-1-15-43(62)16-2-39,34-40-3-17-44(63)18-4-40)36-71-50(65)28-10-38-7-21-48(22-8-38)73-52(67)42-13-25-46(26-14-42)69-32-30-55(59,60)61/h1-28H,29-36,62-63H2/b27-9+,28-10+. The van der Waals surface area contributed by atoms with Gasteiger partial charge in [-0.15, -0.1) is 0 Å². The van der Waals surface area contributed by atoms with E-state index in [0.29, 0.717) is 22.5 Å². The van der Waals surface area contributed by atoms with Gasteiger partial charge in [-0.25, -0.2) is 19.2 Å². The van der Waals surface area contributed by atoms with Crippen LogP contribution in [-0.2, 0) is 31.9 Å². The molecule has 73 heavy (non-hydrogen) atoms. The van der Waals surface area contributed by atoms with Crippen LogP contribution in [0.5, 0.6) is 23.0 Å². The zero-order chi connectivity index (χ0) is 52.4. The third kappa shape index (κ3) is 18.6. The Balaban J connectivity index is 1.07. The first kappa shape index (κ1) is 53.8. The predicted octanol–water partition coefficient (Wildman–Crippen LogP) is 11.2. The number of esters is 4. The molecular weight excluding hydrogens is 963 g/mol. The third-order valence-corrected chi connectivity index (χ3v) is 10.7. The van der Waals surface area contributed by atoms with E-state index < -0.39 is 67.7 Å². The Labute approximate surface area is 415 Å². The van der Waals surface area contributed by atoms with E-state index in [4.69, 9.17) is 39.9 Å². The van der Waals surface area contributed by atoms with Gasteiger partial charge in [0.05, 0.1) is 37.2 Å². The van der Waals surface area contributed by atoms with Crippen molar-refractivity contribution in [2.75, 3.05) is 37.9 Å². The molecule has 0 aliphatic carbocycles. The minimum atomic E-state index is -4.36. The Hall–Kier alpha value is -8.54. The van der Waals surface area contributed by atoms with Crippen molar-refractivity contribution in [1.29, 1.82) is 0 Å². The Morgan fingerprint density at radius 2 is 0.767 bits per heavy atom. The number of ether oxygens (including phenoxy) is 6. The maximum atomic E-state index is 13.3. The summed E-state index contributed by atoms with van der Waals surface area (Å²) < 4.78 is 107. The maximum absolute atomic E-state index is 13.3. The third-order valence-electron chi connectivity index (χ3n) is 10.7. The number of carbonyl (C=O) groups is 4. The highest BCUT2D eigenvalue weighted by Gasteiger charge is 2.35. The van der Waals surface area contributed by atoms with E-state index in [1.165, 1.54) is 97.1 Å². The summed E-state index contributed by atoms with van der Waals surface area (Å²) in [5, 5.41) is 0. The van der Waals surface area contributed by atoms with Gasteiger partial charge in [0.2, 0.25) is 0 Å². The first-order valence-electron chi connectivity index (χ1n) is 22.4. The Morgan fingerprint density at radius 1 is 0.438 bits per heavy atom. The normalized spacial score (nSPS) is 11.8. The lowest BCUT2D eigenvalue weighted by Crippen LogP contribution is -2.38. The molecule has 0 aromatic heterocycles. The van der Waals surface area contributed by atoms with Crippen LogP contribution in [0.1, 0.15) is 55.8 Å². The van der Waals surface area contributed by atoms with E-state index >= 15 is 0 Å². The summed E-state index contributed by atoms with van der Waals surface area (Å²) in [6.07, 6.45) is -4.93. The lowest BCUT2D eigenvalue weighted by atomic mass is 9.77. The highest BCUT2D eigenvalue weighted by atomic mass is 19.4. The molecule has 0 spiro atoms. The molecule has 0 saturated carbocycles. The van der Waals surface area contributed by atoms with E-state index in [1.54, 1.807) is 48.5 Å². The summed E-state index contributed by atoms with van der Waals surface area (Å²) in [5.41, 5.74) is 15.1. The fraction of sp³-hybridized carbons (Fsp3) is 0.200. The van der Waals surface area contributed by atoms with E-state index in [1.807, 2.05) is 24.3 Å². The summed E-state index contributed by atoms with van der Waals surface area (Å²) in [7, 11) is 0. The highest BCUT2D eigenvalue weighted by Crippen LogP contribution is 2.32. The predicted molar refractivity (Wildman–Crippen MR) is 260 cm³/mol. The molecule has 18 heteroatoms. The SMILES string of the molecule is Nc1ccc(CC(COC(=O)/C=C/c2ccc(OC(=O)c3ccc(OCCC(F)(F)F)cc3)cc2)(COC(=O)/C=C/c2ccc(OC(=O)c3ccc(OCCC(F)(F)F)cc3)cc2)Cc2ccc(N)cc2)cc1. The van der Waals surface area contributed by atoms with Crippen LogP contribution in [0, 0.1) is 5.41 Å². The minimum Gasteiger partial charge on any atom is -0.493 e. The number of nitrogens with two attached hydrogens (primary N) is 2. The summed E-state index contributed by atoms with van der Waals surface area (Å²) in [4.78, 5) is 52.1. The van der Waals surface area contributed by atoms with Crippen LogP contribution < -0.4 is 30.4 Å². The Morgan fingerprint density at radius 3 is 1.10 bits per heavy atom. The summed E-state index contributed by atoms with van der Waals surface area (Å²) in [6.45, 7) is -1.52. The maximum Gasteiger partial charge on any atom is 0.392 e. The number of hydrogen-bond acceptors (Lipinski definition) is 12. The van der Waals surface area contributed by atoms with Crippen LogP contribution in [0.2, 0.25) is 0 Å². The zero-order valence-corrected chi connectivity index (χ0v) is 38.8. The second-order valence-corrected chi connectivity index (χ2v) is 16.6. The van der Waals surface area contributed by atoms with Crippen LogP contribution >= 0.6 is 0 Å². The van der Waals surface area contributed by atoms with Crippen molar-refractivity contribution in [2.45, 2.75) is 38.0 Å². The second-order valence-electron chi connectivity index (χ2n) is 16.6. The zero-order valence-electron chi connectivity index (χ0n) is 38.8. The number of halogens is 6. The van der Waals surface area contributed by atoms with Gasteiger partial charge in [0.25, 0.3) is 0 Å². The molecule has 0 unspecified atom stereocenters. The summed E-state index contributed by atoms with van der Waals surface area (Å²) >= 11 is 0. The quantitative estimate of drug-likeness (QED) is 0.0217. The van der Waals surface area contributed by atoms with Crippen LogP contribution in [0.4, 0.5) is 37.7 Å². The van der Waals surface area contributed by atoms with Crippen molar-refractivity contribution in [3.8, 4) is 23.0 Å². The molecule has 4 N–H and O–H groups in total. The first-order valence-corrected chi connectivity index (χ1v) is 22.4. The Kier molecular flexibility index (Phi) is 18.4. The molecule has 0 atom stereocenters. The molecule has 6 aromatic carbocycles. The average Bonchev–Trinajstić information content (AvgIpc) is 3.35. The smallest absolute Gasteiger partial charge is 0.392 e. The van der Waals surface area contributed by atoms with Crippen LogP contribution in [0.3, 0.4) is 0 Å².